The molecule has 4 nitrogen and oxygen atoms in total. The van der Waals surface area contributed by atoms with Crippen molar-refractivity contribution >= 4 is 27.6 Å². The van der Waals surface area contributed by atoms with Crippen LogP contribution >= 0.6 is 0 Å². The van der Waals surface area contributed by atoms with Crippen molar-refractivity contribution in [1.29, 1.82) is 0 Å². The molecule has 140 valence electrons. The van der Waals surface area contributed by atoms with Crippen LogP contribution in [-0.2, 0) is 11.2 Å². The molecule has 0 radical (unpaired) electrons. The quantitative estimate of drug-likeness (QED) is 0.487. The van der Waals surface area contributed by atoms with Crippen LogP contribution in [0.1, 0.15) is 12.0 Å². The molecule has 0 atom stereocenters. The second kappa shape index (κ2) is 8.53. The van der Waals surface area contributed by atoms with Crippen LogP contribution in [0.2, 0.25) is 0 Å². The summed E-state index contributed by atoms with van der Waals surface area (Å²) in [6, 6.07) is 24.1. The van der Waals surface area contributed by atoms with Crippen LogP contribution in [0.15, 0.2) is 79.0 Å². The van der Waals surface area contributed by atoms with E-state index in [0.717, 1.165) is 39.4 Å². The van der Waals surface area contributed by atoms with Crippen molar-refractivity contribution in [3.8, 4) is 5.75 Å². The number of hydrogen-bond donors (Lipinski definition) is 1. The molecule has 0 spiro atoms. The first-order valence-corrected chi connectivity index (χ1v) is 9.51. The van der Waals surface area contributed by atoms with E-state index in [1.54, 1.807) is 6.20 Å². The third kappa shape index (κ3) is 4.12. The molecule has 4 aromatic rings. The highest BCUT2D eigenvalue weighted by Gasteiger charge is 2.07. The summed E-state index contributed by atoms with van der Waals surface area (Å²) in [5, 5.41) is 6.33. The van der Waals surface area contributed by atoms with Crippen LogP contribution in [-0.4, -0.2) is 24.0 Å². The van der Waals surface area contributed by atoms with Crippen molar-refractivity contribution < 1.29 is 9.53 Å². The van der Waals surface area contributed by atoms with E-state index in [1.165, 1.54) is 0 Å². The number of aromatic nitrogens is 1. The van der Waals surface area contributed by atoms with E-state index < -0.39 is 0 Å². The molecule has 0 aliphatic heterocycles. The van der Waals surface area contributed by atoms with E-state index in [2.05, 4.69) is 28.5 Å². The second-order valence-corrected chi connectivity index (χ2v) is 6.70. The number of carbonyl (C=O) groups is 1. The van der Waals surface area contributed by atoms with E-state index in [9.17, 15) is 4.79 Å². The Morgan fingerprint density at radius 3 is 2.64 bits per heavy atom. The summed E-state index contributed by atoms with van der Waals surface area (Å²) in [6.07, 6.45) is 2.89. The van der Waals surface area contributed by atoms with Crippen LogP contribution in [0.3, 0.4) is 0 Å². The first kappa shape index (κ1) is 18.0. The van der Waals surface area contributed by atoms with E-state index in [4.69, 9.17) is 4.74 Å². The molecule has 28 heavy (non-hydrogen) atoms. The molecule has 1 amide bonds. The maximum absolute atomic E-state index is 12.3. The summed E-state index contributed by atoms with van der Waals surface area (Å²) in [4.78, 5) is 16.7. The number of nitrogens with zero attached hydrogens (tertiary/aromatic N) is 1. The number of nitrogens with one attached hydrogen (secondary N) is 1. The lowest BCUT2D eigenvalue weighted by molar-refractivity contribution is -0.120. The topological polar surface area (TPSA) is 51.2 Å². The fraction of sp³-hybridized carbons (Fsp3) is 0.167. The van der Waals surface area contributed by atoms with E-state index in [0.29, 0.717) is 19.6 Å². The molecule has 0 fully saturated rings. The van der Waals surface area contributed by atoms with Gasteiger partial charge in [0.05, 0.1) is 13.0 Å². The Kier molecular flexibility index (Phi) is 5.48. The minimum Gasteiger partial charge on any atom is -0.491 e. The van der Waals surface area contributed by atoms with E-state index in [1.807, 2.05) is 54.6 Å². The zero-order chi connectivity index (χ0) is 19.2. The van der Waals surface area contributed by atoms with Gasteiger partial charge in [0.1, 0.15) is 11.3 Å². The van der Waals surface area contributed by atoms with Crippen LogP contribution in [0.5, 0.6) is 5.75 Å². The molecule has 0 aliphatic rings. The normalized spacial score (nSPS) is 10.9. The lowest BCUT2D eigenvalue weighted by atomic mass is 10.0. The first-order valence-electron chi connectivity index (χ1n) is 9.51. The molecule has 1 aromatic heterocycles. The molecule has 1 N–H and O–H groups in total. The van der Waals surface area contributed by atoms with Crippen LogP contribution in [0.4, 0.5) is 0 Å². The second-order valence-electron chi connectivity index (χ2n) is 6.70. The number of pyridine rings is 1. The predicted molar refractivity (Wildman–Crippen MR) is 113 cm³/mol. The van der Waals surface area contributed by atoms with Gasteiger partial charge >= 0.3 is 0 Å². The molecular formula is C24H22N2O2. The number of carbonyl (C=O) groups excluding carboxylic acids is 1. The van der Waals surface area contributed by atoms with Crippen molar-refractivity contribution in [2.45, 2.75) is 12.8 Å². The van der Waals surface area contributed by atoms with Gasteiger partial charge in [-0.2, -0.15) is 0 Å². The van der Waals surface area contributed by atoms with Gasteiger partial charge in [0.25, 0.3) is 0 Å². The van der Waals surface area contributed by atoms with Gasteiger partial charge in [0, 0.05) is 18.1 Å². The van der Waals surface area contributed by atoms with Crippen molar-refractivity contribution in [3.63, 3.8) is 0 Å². The average Bonchev–Trinajstić information content (AvgIpc) is 2.74. The monoisotopic (exact) mass is 370 g/mol. The standard InChI is InChI=1S/C24H22N2O2/c27-23(17-20-10-3-8-18-7-1-2-12-21(18)20)25-15-6-16-28-22-13-4-9-19-11-5-14-26-24(19)22/h1-5,7-14H,6,15-17H2,(H,25,27). The Balaban J connectivity index is 1.26. The summed E-state index contributed by atoms with van der Waals surface area (Å²) < 4.78 is 5.86. The van der Waals surface area contributed by atoms with Crippen LogP contribution in [0, 0.1) is 0 Å². The molecule has 1 heterocycles. The summed E-state index contributed by atoms with van der Waals surface area (Å²) in [5.74, 6) is 0.809. The maximum Gasteiger partial charge on any atom is 0.224 e. The number of fused-ring (bicyclic) bond motifs is 2. The molecule has 0 unspecified atom stereocenters. The van der Waals surface area contributed by atoms with Crippen molar-refractivity contribution in [2.75, 3.05) is 13.2 Å². The molecule has 0 bridgehead atoms. The maximum atomic E-state index is 12.3. The highest BCUT2D eigenvalue weighted by molar-refractivity contribution is 5.90. The Morgan fingerprint density at radius 2 is 1.68 bits per heavy atom. The average molecular weight is 370 g/mol. The zero-order valence-electron chi connectivity index (χ0n) is 15.6. The Bertz CT molecular complexity index is 1100. The highest BCUT2D eigenvalue weighted by Crippen LogP contribution is 2.23. The predicted octanol–water partition coefficient (Wildman–Crippen LogP) is 4.52. The molecule has 0 aliphatic carbocycles. The van der Waals surface area contributed by atoms with Gasteiger partial charge in [-0.15, -0.1) is 0 Å². The van der Waals surface area contributed by atoms with Crippen LogP contribution in [0.25, 0.3) is 21.7 Å². The highest BCUT2D eigenvalue weighted by atomic mass is 16.5. The third-order valence-electron chi connectivity index (χ3n) is 4.73. The van der Waals surface area contributed by atoms with Gasteiger partial charge in [0.2, 0.25) is 5.91 Å². The number of ether oxygens (including phenoxy) is 1. The molecule has 4 heteroatoms. The minimum atomic E-state index is 0.0307. The molecule has 0 saturated carbocycles. The third-order valence-corrected chi connectivity index (χ3v) is 4.73. The Hall–Kier alpha value is -3.40. The molecular weight excluding hydrogens is 348 g/mol. The van der Waals surface area contributed by atoms with Gasteiger partial charge < -0.3 is 10.1 Å². The van der Waals surface area contributed by atoms with Crippen molar-refractivity contribution in [3.05, 3.63) is 84.6 Å². The van der Waals surface area contributed by atoms with Gasteiger partial charge in [-0.1, -0.05) is 60.7 Å². The van der Waals surface area contributed by atoms with Crippen molar-refractivity contribution in [1.82, 2.24) is 10.3 Å². The fourth-order valence-electron chi connectivity index (χ4n) is 3.36. The Morgan fingerprint density at radius 1 is 0.893 bits per heavy atom. The minimum absolute atomic E-state index is 0.0307. The molecule has 4 rings (SSSR count). The summed E-state index contributed by atoms with van der Waals surface area (Å²) in [7, 11) is 0. The first-order chi connectivity index (χ1) is 13.8. The van der Waals surface area contributed by atoms with Crippen molar-refractivity contribution in [2.24, 2.45) is 0 Å². The number of para-hydroxylation sites is 1. The summed E-state index contributed by atoms with van der Waals surface area (Å²) in [6.45, 7) is 1.12. The van der Waals surface area contributed by atoms with E-state index in [-0.39, 0.29) is 5.91 Å². The zero-order valence-corrected chi connectivity index (χ0v) is 15.6. The van der Waals surface area contributed by atoms with Gasteiger partial charge in [-0.3, -0.25) is 9.78 Å². The lowest BCUT2D eigenvalue weighted by Gasteiger charge is -2.10. The summed E-state index contributed by atoms with van der Waals surface area (Å²) in [5.41, 5.74) is 1.92. The van der Waals surface area contributed by atoms with E-state index >= 15 is 0 Å². The lowest BCUT2D eigenvalue weighted by Crippen LogP contribution is -2.27. The molecule has 3 aromatic carbocycles. The Labute approximate surface area is 164 Å². The van der Waals surface area contributed by atoms with Gasteiger partial charge in [0.15, 0.2) is 0 Å². The molecule has 0 saturated heterocycles. The number of rotatable bonds is 7. The number of hydrogen-bond acceptors (Lipinski definition) is 3. The number of benzene rings is 3. The largest absolute Gasteiger partial charge is 0.491 e. The number of amides is 1. The fourth-order valence-corrected chi connectivity index (χ4v) is 3.36. The van der Waals surface area contributed by atoms with Gasteiger partial charge in [-0.05, 0) is 34.9 Å². The van der Waals surface area contributed by atoms with Gasteiger partial charge in [-0.25, -0.2) is 0 Å². The SMILES string of the molecule is O=C(Cc1cccc2ccccc12)NCCCOc1cccc2cccnc12. The van der Waals surface area contributed by atoms with Crippen LogP contribution < -0.4 is 10.1 Å². The summed E-state index contributed by atoms with van der Waals surface area (Å²) >= 11 is 0. The smallest absolute Gasteiger partial charge is 0.224 e.